The van der Waals surface area contributed by atoms with E-state index in [1.165, 1.54) is 31.2 Å². The zero-order valence-corrected chi connectivity index (χ0v) is 16.4. The summed E-state index contributed by atoms with van der Waals surface area (Å²) in [6, 6.07) is 6.81. The number of fused-ring (bicyclic) bond motifs is 1. The van der Waals surface area contributed by atoms with Crippen molar-refractivity contribution in [1.29, 1.82) is 0 Å². The van der Waals surface area contributed by atoms with Crippen LogP contribution in [0.1, 0.15) is 38.2 Å². The molecule has 0 unspecified atom stereocenters. The van der Waals surface area contributed by atoms with Gasteiger partial charge in [0.15, 0.2) is 16.6 Å². The molecule has 1 N–H and O–H groups in total. The SMILES string of the molecule is C[C@H]1CCCC[C@@H]1NC(=S)N1CCN(Cc2ccc3c(c2)OCO3)CC1. The number of piperazine rings is 1. The molecule has 0 bridgehead atoms. The molecule has 2 atom stereocenters. The van der Waals surface area contributed by atoms with E-state index in [1.54, 1.807) is 0 Å². The predicted molar refractivity (Wildman–Crippen MR) is 107 cm³/mol. The molecule has 6 heteroatoms. The molecule has 0 radical (unpaired) electrons. The number of rotatable bonds is 3. The summed E-state index contributed by atoms with van der Waals surface area (Å²) in [6.45, 7) is 7.70. The molecular weight excluding hydrogens is 346 g/mol. The highest BCUT2D eigenvalue weighted by Gasteiger charge is 2.25. The number of hydrogen-bond donors (Lipinski definition) is 1. The highest BCUT2D eigenvalue weighted by atomic mass is 32.1. The van der Waals surface area contributed by atoms with E-state index >= 15 is 0 Å². The highest BCUT2D eigenvalue weighted by Crippen LogP contribution is 2.32. The molecule has 1 aromatic rings. The van der Waals surface area contributed by atoms with E-state index in [-0.39, 0.29) is 0 Å². The number of benzene rings is 1. The van der Waals surface area contributed by atoms with Crippen LogP contribution in [-0.4, -0.2) is 53.9 Å². The maximum atomic E-state index is 5.70. The van der Waals surface area contributed by atoms with Gasteiger partial charge in [0.05, 0.1) is 0 Å². The number of hydrogen-bond acceptors (Lipinski definition) is 4. The molecule has 0 amide bonds. The molecule has 2 fully saturated rings. The predicted octanol–water partition coefficient (Wildman–Crippen LogP) is 2.99. The molecule has 3 aliphatic rings. The largest absolute Gasteiger partial charge is 0.454 e. The minimum atomic E-state index is 0.335. The summed E-state index contributed by atoms with van der Waals surface area (Å²) in [4.78, 5) is 4.83. The van der Waals surface area contributed by atoms with E-state index < -0.39 is 0 Å². The van der Waals surface area contributed by atoms with Gasteiger partial charge in [-0.2, -0.15) is 0 Å². The van der Waals surface area contributed by atoms with Crippen LogP contribution in [0.5, 0.6) is 11.5 Å². The van der Waals surface area contributed by atoms with Crippen molar-refractivity contribution in [3.63, 3.8) is 0 Å². The molecule has 1 saturated heterocycles. The van der Waals surface area contributed by atoms with Gasteiger partial charge in [-0.3, -0.25) is 4.90 Å². The molecule has 2 heterocycles. The van der Waals surface area contributed by atoms with Crippen molar-refractivity contribution in [2.75, 3.05) is 33.0 Å². The Hall–Kier alpha value is -1.53. The van der Waals surface area contributed by atoms with Crippen LogP contribution in [0, 0.1) is 5.92 Å². The van der Waals surface area contributed by atoms with Crippen molar-refractivity contribution in [1.82, 2.24) is 15.1 Å². The van der Waals surface area contributed by atoms with Gasteiger partial charge in [-0.1, -0.05) is 25.8 Å². The number of ether oxygens (including phenoxy) is 2. The normalized spacial score (nSPS) is 26.0. The van der Waals surface area contributed by atoms with Crippen molar-refractivity contribution in [3.8, 4) is 11.5 Å². The van der Waals surface area contributed by atoms with Gasteiger partial charge in [0.25, 0.3) is 0 Å². The van der Waals surface area contributed by atoms with Gasteiger partial charge in [0.1, 0.15) is 0 Å². The average Bonchev–Trinajstić information content (AvgIpc) is 3.12. The maximum Gasteiger partial charge on any atom is 0.231 e. The molecule has 26 heavy (non-hydrogen) atoms. The van der Waals surface area contributed by atoms with E-state index in [0.717, 1.165) is 55.3 Å². The zero-order chi connectivity index (χ0) is 17.9. The average molecular weight is 376 g/mol. The summed E-state index contributed by atoms with van der Waals surface area (Å²) in [7, 11) is 0. The van der Waals surface area contributed by atoms with Gasteiger partial charge in [-0.15, -0.1) is 0 Å². The maximum absolute atomic E-state index is 5.70. The second-order valence-electron chi connectivity index (χ2n) is 7.77. The summed E-state index contributed by atoms with van der Waals surface area (Å²) in [5.74, 6) is 2.45. The van der Waals surface area contributed by atoms with E-state index in [2.05, 4.69) is 34.2 Å². The minimum Gasteiger partial charge on any atom is -0.454 e. The quantitative estimate of drug-likeness (QED) is 0.819. The van der Waals surface area contributed by atoms with Crippen LogP contribution in [0.2, 0.25) is 0 Å². The third-order valence-corrected chi connectivity index (χ3v) is 6.30. The van der Waals surface area contributed by atoms with Gasteiger partial charge in [-0.05, 0) is 48.7 Å². The summed E-state index contributed by atoms with van der Waals surface area (Å²) in [5, 5.41) is 4.59. The Labute approximate surface area is 161 Å². The first-order valence-electron chi connectivity index (χ1n) is 9.85. The Balaban J connectivity index is 1.25. The summed E-state index contributed by atoms with van der Waals surface area (Å²) in [6.07, 6.45) is 5.27. The number of nitrogens with one attached hydrogen (secondary N) is 1. The lowest BCUT2D eigenvalue weighted by molar-refractivity contribution is 0.170. The zero-order valence-electron chi connectivity index (χ0n) is 15.6. The molecule has 1 saturated carbocycles. The molecule has 142 valence electrons. The molecule has 2 aliphatic heterocycles. The van der Waals surface area contributed by atoms with E-state index in [4.69, 9.17) is 21.7 Å². The van der Waals surface area contributed by atoms with E-state index in [1.807, 2.05) is 6.07 Å². The lowest BCUT2D eigenvalue weighted by Gasteiger charge is -2.39. The van der Waals surface area contributed by atoms with Crippen LogP contribution in [0.4, 0.5) is 0 Å². The van der Waals surface area contributed by atoms with Crippen LogP contribution in [0.15, 0.2) is 18.2 Å². The topological polar surface area (TPSA) is 37.0 Å². The van der Waals surface area contributed by atoms with Gasteiger partial charge >= 0.3 is 0 Å². The molecule has 0 aromatic heterocycles. The van der Waals surface area contributed by atoms with Gasteiger partial charge in [-0.25, -0.2) is 0 Å². The van der Waals surface area contributed by atoms with E-state index in [0.29, 0.717) is 12.8 Å². The Kier molecular flexibility index (Phi) is 5.50. The lowest BCUT2D eigenvalue weighted by Crippen LogP contribution is -2.54. The van der Waals surface area contributed by atoms with Crippen molar-refractivity contribution in [2.45, 2.75) is 45.2 Å². The lowest BCUT2D eigenvalue weighted by atomic mass is 9.86. The monoisotopic (exact) mass is 375 g/mol. The molecular formula is C20H29N3O2S. The number of nitrogens with zero attached hydrogens (tertiary/aromatic N) is 2. The molecule has 0 spiro atoms. The summed E-state index contributed by atoms with van der Waals surface area (Å²) >= 11 is 5.70. The van der Waals surface area contributed by atoms with Crippen LogP contribution in [0.3, 0.4) is 0 Å². The van der Waals surface area contributed by atoms with Gasteiger partial charge < -0.3 is 19.7 Å². The standard InChI is InChI=1S/C20H29N3O2S/c1-15-4-2-3-5-17(15)21-20(26)23-10-8-22(9-11-23)13-16-6-7-18-19(12-16)25-14-24-18/h6-7,12,15,17H,2-5,8-11,13-14H2,1H3,(H,21,26)/t15-,17-/m0/s1. The fourth-order valence-corrected chi connectivity index (χ4v) is 4.52. The van der Waals surface area contributed by atoms with Gasteiger partial charge in [0, 0.05) is 38.8 Å². The molecule has 5 nitrogen and oxygen atoms in total. The third kappa shape index (κ3) is 4.07. The van der Waals surface area contributed by atoms with Crippen molar-refractivity contribution < 1.29 is 9.47 Å². The number of thiocarbonyl (C=S) groups is 1. The van der Waals surface area contributed by atoms with E-state index in [9.17, 15) is 0 Å². The first kappa shape index (κ1) is 17.9. The Morgan fingerprint density at radius 2 is 1.88 bits per heavy atom. The highest BCUT2D eigenvalue weighted by molar-refractivity contribution is 7.80. The Morgan fingerprint density at radius 1 is 1.12 bits per heavy atom. The van der Waals surface area contributed by atoms with Crippen molar-refractivity contribution >= 4 is 17.3 Å². The minimum absolute atomic E-state index is 0.335. The van der Waals surface area contributed by atoms with Crippen molar-refractivity contribution in [2.24, 2.45) is 5.92 Å². The first-order chi connectivity index (χ1) is 12.7. The van der Waals surface area contributed by atoms with Gasteiger partial charge in [0.2, 0.25) is 6.79 Å². The molecule has 1 aliphatic carbocycles. The summed E-state index contributed by atoms with van der Waals surface area (Å²) < 4.78 is 10.9. The van der Waals surface area contributed by atoms with Crippen LogP contribution >= 0.6 is 12.2 Å². The second kappa shape index (κ2) is 8.01. The van der Waals surface area contributed by atoms with Crippen LogP contribution in [0.25, 0.3) is 0 Å². The summed E-state index contributed by atoms with van der Waals surface area (Å²) in [5.41, 5.74) is 1.28. The van der Waals surface area contributed by atoms with Crippen molar-refractivity contribution in [3.05, 3.63) is 23.8 Å². The molecule has 4 rings (SSSR count). The first-order valence-corrected chi connectivity index (χ1v) is 10.3. The Morgan fingerprint density at radius 3 is 2.69 bits per heavy atom. The smallest absolute Gasteiger partial charge is 0.231 e. The Bertz CT molecular complexity index is 646. The fourth-order valence-electron chi connectivity index (χ4n) is 4.19. The van der Waals surface area contributed by atoms with Crippen LogP contribution < -0.4 is 14.8 Å². The molecule has 1 aromatic carbocycles. The second-order valence-corrected chi connectivity index (χ2v) is 8.16. The fraction of sp³-hybridized carbons (Fsp3) is 0.650. The van der Waals surface area contributed by atoms with Crippen LogP contribution in [-0.2, 0) is 6.54 Å². The third-order valence-electron chi connectivity index (χ3n) is 5.92.